The Morgan fingerprint density at radius 1 is 1.43 bits per heavy atom. The topological polar surface area (TPSA) is 72.2 Å². The molecule has 0 aliphatic rings. The summed E-state index contributed by atoms with van der Waals surface area (Å²) < 4.78 is 0. The lowest BCUT2D eigenvalue weighted by Gasteiger charge is -2.05. The van der Waals surface area contributed by atoms with Gasteiger partial charge in [-0.2, -0.15) is 0 Å². The van der Waals surface area contributed by atoms with Crippen molar-refractivity contribution in [2.45, 2.75) is 11.8 Å². The van der Waals surface area contributed by atoms with Crippen LogP contribution in [-0.4, -0.2) is 11.8 Å². The molecule has 4 nitrogen and oxygen atoms in total. The molecular formula is C9H10N2O2S. The van der Waals surface area contributed by atoms with Crippen LogP contribution in [0.1, 0.15) is 17.3 Å². The Hall–Kier alpha value is -1.49. The Morgan fingerprint density at radius 2 is 2.07 bits per heavy atom. The molecule has 0 saturated carbocycles. The predicted molar refractivity (Wildman–Crippen MR) is 56.5 cm³/mol. The van der Waals surface area contributed by atoms with Gasteiger partial charge in [-0.15, -0.1) is 12.6 Å². The average Bonchev–Trinajstić information content (AvgIpc) is 2.07. The van der Waals surface area contributed by atoms with Gasteiger partial charge in [-0.1, -0.05) is 0 Å². The van der Waals surface area contributed by atoms with E-state index in [1.807, 2.05) is 0 Å². The monoisotopic (exact) mass is 210 g/mol. The van der Waals surface area contributed by atoms with Gasteiger partial charge in [0.25, 0.3) is 0 Å². The summed E-state index contributed by atoms with van der Waals surface area (Å²) in [6, 6.07) is 4.75. The minimum Gasteiger partial charge on any atom is -0.366 e. The summed E-state index contributed by atoms with van der Waals surface area (Å²) in [6.45, 7) is 1.39. The summed E-state index contributed by atoms with van der Waals surface area (Å²) in [4.78, 5) is 22.1. The number of rotatable bonds is 2. The fourth-order valence-corrected chi connectivity index (χ4v) is 1.26. The van der Waals surface area contributed by atoms with Gasteiger partial charge in [0, 0.05) is 17.5 Å². The Bertz CT molecular complexity index is 390. The van der Waals surface area contributed by atoms with Crippen molar-refractivity contribution in [2.24, 2.45) is 5.73 Å². The van der Waals surface area contributed by atoms with Gasteiger partial charge in [0.1, 0.15) is 0 Å². The fourth-order valence-electron chi connectivity index (χ4n) is 1.01. The number of primary amides is 1. The maximum atomic E-state index is 10.9. The minimum atomic E-state index is -0.567. The van der Waals surface area contributed by atoms with Gasteiger partial charge in [0.15, 0.2) is 0 Å². The fraction of sp³-hybridized carbons (Fsp3) is 0.111. The van der Waals surface area contributed by atoms with Crippen LogP contribution in [0.25, 0.3) is 0 Å². The molecule has 1 aromatic rings. The van der Waals surface area contributed by atoms with Crippen LogP contribution in [0.15, 0.2) is 23.1 Å². The molecule has 0 unspecified atom stereocenters. The molecular weight excluding hydrogens is 200 g/mol. The van der Waals surface area contributed by atoms with Gasteiger partial charge in [0.2, 0.25) is 11.8 Å². The van der Waals surface area contributed by atoms with Gasteiger partial charge >= 0.3 is 0 Å². The Balaban J connectivity index is 3.06. The number of carbonyl (C=O) groups is 2. The van der Waals surface area contributed by atoms with E-state index in [-0.39, 0.29) is 5.91 Å². The third-order valence-corrected chi connectivity index (χ3v) is 1.97. The molecule has 0 aliphatic heterocycles. The maximum absolute atomic E-state index is 10.9. The van der Waals surface area contributed by atoms with Crippen LogP contribution in [0.2, 0.25) is 0 Å². The Morgan fingerprint density at radius 3 is 2.57 bits per heavy atom. The van der Waals surface area contributed by atoms with Crippen molar-refractivity contribution in [1.82, 2.24) is 0 Å². The van der Waals surface area contributed by atoms with Crippen molar-refractivity contribution in [2.75, 3.05) is 5.32 Å². The van der Waals surface area contributed by atoms with E-state index in [1.165, 1.54) is 13.0 Å². The second-order valence-corrected chi connectivity index (χ2v) is 3.26. The Labute approximate surface area is 86.9 Å². The predicted octanol–water partition coefficient (Wildman–Crippen LogP) is 1.03. The number of amides is 2. The van der Waals surface area contributed by atoms with E-state index in [1.54, 1.807) is 12.1 Å². The first-order valence-electron chi connectivity index (χ1n) is 3.91. The van der Waals surface area contributed by atoms with Gasteiger partial charge in [-0.25, -0.2) is 0 Å². The number of nitrogens with one attached hydrogen (secondary N) is 1. The highest BCUT2D eigenvalue weighted by Crippen LogP contribution is 2.18. The average molecular weight is 210 g/mol. The second kappa shape index (κ2) is 4.15. The van der Waals surface area contributed by atoms with Crippen molar-refractivity contribution in [3.63, 3.8) is 0 Å². The van der Waals surface area contributed by atoms with E-state index in [9.17, 15) is 9.59 Å². The molecule has 0 aromatic heterocycles. The zero-order valence-corrected chi connectivity index (χ0v) is 8.47. The number of benzene rings is 1. The Kier molecular flexibility index (Phi) is 3.14. The normalized spacial score (nSPS) is 9.57. The van der Waals surface area contributed by atoms with Crippen LogP contribution in [0.3, 0.4) is 0 Å². The van der Waals surface area contributed by atoms with Gasteiger partial charge in [-0.05, 0) is 18.2 Å². The zero-order valence-electron chi connectivity index (χ0n) is 7.57. The summed E-state index contributed by atoms with van der Waals surface area (Å²) in [5.74, 6) is -0.769. The minimum absolute atomic E-state index is 0.202. The SMILES string of the molecule is CC(=O)Nc1ccc(S)c(C(N)=O)c1. The molecule has 2 amide bonds. The molecule has 1 aromatic carbocycles. The lowest BCUT2D eigenvalue weighted by atomic mass is 10.2. The van der Waals surface area contributed by atoms with Crippen molar-refractivity contribution in [1.29, 1.82) is 0 Å². The molecule has 1 rings (SSSR count). The molecule has 0 spiro atoms. The van der Waals surface area contributed by atoms with Crippen LogP contribution < -0.4 is 11.1 Å². The number of hydrogen-bond acceptors (Lipinski definition) is 3. The summed E-state index contributed by atoms with van der Waals surface area (Å²) in [5, 5.41) is 2.55. The number of carbonyl (C=O) groups excluding carboxylic acids is 2. The highest BCUT2D eigenvalue weighted by atomic mass is 32.1. The summed E-state index contributed by atoms with van der Waals surface area (Å²) in [6.07, 6.45) is 0. The summed E-state index contributed by atoms with van der Waals surface area (Å²) in [7, 11) is 0. The van der Waals surface area contributed by atoms with Crippen LogP contribution in [0.4, 0.5) is 5.69 Å². The number of nitrogens with two attached hydrogens (primary N) is 1. The number of anilines is 1. The van der Waals surface area contributed by atoms with E-state index in [4.69, 9.17) is 5.73 Å². The van der Waals surface area contributed by atoms with E-state index < -0.39 is 5.91 Å². The largest absolute Gasteiger partial charge is 0.366 e. The third-order valence-electron chi connectivity index (χ3n) is 1.58. The van der Waals surface area contributed by atoms with Gasteiger partial charge < -0.3 is 11.1 Å². The van der Waals surface area contributed by atoms with Gasteiger partial charge in [0.05, 0.1) is 5.56 Å². The quantitative estimate of drug-likeness (QED) is 0.638. The first kappa shape index (κ1) is 10.6. The molecule has 14 heavy (non-hydrogen) atoms. The van der Waals surface area contributed by atoms with E-state index >= 15 is 0 Å². The highest BCUT2D eigenvalue weighted by Gasteiger charge is 2.06. The molecule has 0 radical (unpaired) electrons. The molecule has 0 heterocycles. The van der Waals surface area contributed by atoms with E-state index in [0.717, 1.165) is 0 Å². The van der Waals surface area contributed by atoms with Crippen LogP contribution >= 0.6 is 12.6 Å². The van der Waals surface area contributed by atoms with Crippen molar-refractivity contribution < 1.29 is 9.59 Å². The smallest absolute Gasteiger partial charge is 0.249 e. The molecule has 0 atom stereocenters. The first-order valence-corrected chi connectivity index (χ1v) is 4.36. The van der Waals surface area contributed by atoms with Crippen LogP contribution in [0, 0.1) is 0 Å². The van der Waals surface area contributed by atoms with Crippen LogP contribution in [0.5, 0.6) is 0 Å². The molecule has 0 fully saturated rings. The number of thiol groups is 1. The molecule has 0 aliphatic carbocycles. The first-order chi connectivity index (χ1) is 6.50. The van der Waals surface area contributed by atoms with Crippen molar-refractivity contribution >= 4 is 30.1 Å². The molecule has 5 heteroatoms. The molecule has 0 bridgehead atoms. The third kappa shape index (κ3) is 2.50. The highest BCUT2D eigenvalue weighted by molar-refractivity contribution is 7.80. The lowest BCUT2D eigenvalue weighted by molar-refractivity contribution is -0.114. The standard InChI is InChI=1S/C9H10N2O2S/c1-5(12)11-6-2-3-8(14)7(4-6)9(10)13/h2-4,14H,1H3,(H2,10,13)(H,11,12). The van der Waals surface area contributed by atoms with Crippen molar-refractivity contribution in [3.05, 3.63) is 23.8 Å². The molecule has 0 saturated heterocycles. The van der Waals surface area contributed by atoms with Crippen LogP contribution in [-0.2, 0) is 4.79 Å². The summed E-state index contributed by atoms with van der Waals surface area (Å²) >= 11 is 4.06. The molecule has 3 N–H and O–H groups in total. The van der Waals surface area contributed by atoms with Crippen molar-refractivity contribution in [3.8, 4) is 0 Å². The lowest BCUT2D eigenvalue weighted by Crippen LogP contribution is -2.13. The van der Waals surface area contributed by atoms with Gasteiger partial charge in [-0.3, -0.25) is 9.59 Å². The zero-order chi connectivity index (χ0) is 10.7. The molecule has 74 valence electrons. The van der Waals surface area contributed by atoms with E-state index in [0.29, 0.717) is 16.1 Å². The summed E-state index contributed by atoms with van der Waals surface area (Å²) in [5.41, 5.74) is 5.94. The van der Waals surface area contributed by atoms with E-state index in [2.05, 4.69) is 17.9 Å². The number of hydrogen-bond donors (Lipinski definition) is 3. The second-order valence-electron chi connectivity index (χ2n) is 2.78. The maximum Gasteiger partial charge on any atom is 0.249 e.